The molecule has 0 atom stereocenters. The second-order valence-electron chi connectivity index (χ2n) is 4.94. The zero-order chi connectivity index (χ0) is 14.5. The van der Waals surface area contributed by atoms with Crippen LogP contribution in [-0.2, 0) is 11.3 Å². The molecule has 1 aliphatic heterocycles. The van der Waals surface area contributed by atoms with Gasteiger partial charge in [0, 0.05) is 52.4 Å². The lowest BCUT2D eigenvalue weighted by atomic mass is 10.3. The number of hydrogen-bond donors (Lipinski definition) is 1. The molecule has 1 aliphatic rings. The van der Waals surface area contributed by atoms with Gasteiger partial charge in [-0.2, -0.15) is 0 Å². The third-order valence-electron chi connectivity index (χ3n) is 3.47. The molecule has 2 amide bonds. The number of carbonyl (C=O) groups excluding carboxylic acids is 2. The van der Waals surface area contributed by atoms with Gasteiger partial charge in [0.25, 0.3) is 5.91 Å². The van der Waals surface area contributed by atoms with E-state index in [1.807, 2.05) is 4.57 Å². The summed E-state index contributed by atoms with van der Waals surface area (Å²) in [7, 11) is 0. The smallest absolute Gasteiger partial charge is 0.274 e. The minimum atomic E-state index is -0.0776. The number of imidazole rings is 1. The Balaban J connectivity index is 1.99. The van der Waals surface area contributed by atoms with E-state index in [4.69, 9.17) is 5.73 Å². The van der Waals surface area contributed by atoms with Gasteiger partial charge in [-0.3, -0.25) is 9.59 Å². The molecule has 1 aromatic rings. The van der Waals surface area contributed by atoms with E-state index in [1.165, 1.54) is 0 Å². The number of aromatic nitrogens is 2. The Hall–Kier alpha value is -1.89. The molecule has 0 radical (unpaired) electrons. The Kier molecular flexibility index (Phi) is 4.73. The van der Waals surface area contributed by atoms with Crippen LogP contribution in [0.5, 0.6) is 0 Å². The van der Waals surface area contributed by atoms with Crippen LogP contribution in [-0.4, -0.2) is 63.9 Å². The van der Waals surface area contributed by atoms with Crippen molar-refractivity contribution < 1.29 is 9.59 Å². The highest BCUT2D eigenvalue weighted by atomic mass is 16.2. The van der Waals surface area contributed by atoms with Gasteiger partial charge in [0.15, 0.2) is 0 Å². The summed E-state index contributed by atoms with van der Waals surface area (Å²) in [5, 5.41) is 0. The molecule has 1 aromatic heterocycles. The summed E-state index contributed by atoms with van der Waals surface area (Å²) in [6.45, 7) is 5.24. The van der Waals surface area contributed by atoms with Gasteiger partial charge in [-0.05, 0) is 6.42 Å². The summed E-state index contributed by atoms with van der Waals surface area (Å²) in [5.41, 5.74) is 5.91. The van der Waals surface area contributed by atoms with Gasteiger partial charge in [0.2, 0.25) is 5.91 Å². The predicted molar refractivity (Wildman–Crippen MR) is 74.1 cm³/mol. The molecule has 0 saturated carbocycles. The maximum absolute atomic E-state index is 12.4. The minimum Gasteiger partial charge on any atom is -0.341 e. The monoisotopic (exact) mass is 279 g/mol. The van der Waals surface area contributed by atoms with Crippen molar-refractivity contribution in [2.45, 2.75) is 19.9 Å². The number of nitrogens with zero attached hydrogens (tertiary/aromatic N) is 4. The maximum atomic E-state index is 12.4. The number of hydrogen-bond acceptors (Lipinski definition) is 4. The van der Waals surface area contributed by atoms with Crippen molar-refractivity contribution in [2.24, 2.45) is 5.73 Å². The van der Waals surface area contributed by atoms with Gasteiger partial charge in [-0.15, -0.1) is 0 Å². The van der Waals surface area contributed by atoms with Crippen LogP contribution < -0.4 is 5.73 Å². The van der Waals surface area contributed by atoms with Gasteiger partial charge < -0.3 is 20.1 Å². The van der Waals surface area contributed by atoms with Crippen molar-refractivity contribution in [1.82, 2.24) is 19.4 Å². The van der Waals surface area contributed by atoms with Crippen molar-refractivity contribution in [3.63, 3.8) is 0 Å². The Labute approximate surface area is 118 Å². The van der Waals surface area contributed by atoms with Crippen LogP contribution in [0.3, 0.4) is 0 Å². The van der Waals surface area contributed by atoms with Crippen LogP contribution in [0.15, 0.2) is 12.5 Å². The van der Waals surface area contributed by atoms with Gasteiger partial charge in [-0.1, -0.05) is 0 Å². The van der Waals surface area contributed by atoms with Crippen molar-refractivity contribution in [1.29, 1.82) is 0 Å². The first-order valence-electron chi connectivity index (χ1n) is 6.88. The normalized spacial score (nSPS) is 16.1. The third kappa shape index (κ3) is 3.36. The molecule has 20 heavy (non-hydrogen) atoms. The molecule has 2 heterocycles. The average molecular weight is 279 g/mol. The highest BCUT2D eigenvalue weighted by Gasteiger charge is 2.22. The molecule has 2 rings (SSSR count). The van der Waals surface area contributed by atoms with Gasteiger partial charge in [0.05, 0.1) is 6.33 Å². The topological polar surface area (TPSA) is 84.5 Å². The summed E-state index contributed by atoms with van der Waals surface area (Å²) >= 11 is 0. The lowest BCUT2D eigenvalue weighted by Gasteiger charge is -2.20. The third-order valence-corrected chi connectivity index (χ3v) is 3.47. The number of amides is 2. The summed E-state index contributed by atoms with van der Waals surface area (Å²) < 4.78 is 1.81. The quantitative estimate of drug-likeness (QED) is 0.811. The Morgan fingerprint density at radius 3 is 2.65 bits per heavy atom. The molecular weight excluding hydrogens is 258 g/mol. The molecule has 0 bridgehead atoms. The second kappa shape index (κ2) is 6.51. The summed E-state index contributed by atoms with van der Waals surface area (Å²) in [6.07, 6.45) is 4.15. The first kappa shape index (κ1) is 14.5. The van der Waals surface area contributed by atoms with Crippen LogP contribution in [0, 0.1) is 0 Å². The zero-order valence-electron chi connectivity index (χ0n) is 11.8. The van der Waals surface area contributed by atoms with Crippen LogP contribution in [0.25, 0.3) is 0 Å². The van der Waals surface area contributed by atoms with E-state index >= 15 is 0 Å². The summed E-state index contributed by atoms with van der Waals surface area (Å²) in [6, 6.07) is 0. The molecule has 1 saturated heterocycles. The van der Waals surface area contributed by atoms with Gasteiger partial charge in [0.1, 0.15) is 5.69 Å². The fraction of sp³-hybridized carbons (Fsp3) is 0.615. The number of carbonyl (C=O) groups is 2. The van der Waals surface area contributed by atoms with Crippen molar-refractivity contribution in [2.75, 3.05) is 32.7 Å². The lowest BCUT2D eigenvalue weighted by molar-refractivity contribution is -0.128. The van der Waals surface area contributed by atoms with E-state index in [9.17, 15) is 9.59 Å². The Morgan fingerprint density at radius 1 is 1.25 bits per heavy atom. The zero-order valence-corrected chi connectivity index (χ0v) is 11.8. The van der Waals surface area contributed by atoms with Crippen LogP contribution in [0.2, 0.25) is 0 Å². The highest BCUT2D eigenvalue weighted by Crippen LogP contribution is 2.08. The van der Waals surface area contributed by atoms with E-state index in [2.05, 4.69) is 4.98 Å². The highest BCUT2D eigenvalue weighted by molar-refractivity contribution is 5.92. The van der Waals surface area contributed by atoms with E-state index in [0.717, 1.165) is 6.42 Å². The minimum absolute atomic E-state index is 0.0616. The van der Waals surface area contributed by atoms with Crippen molar-refractivity contribution in [3.05, 3.63) is 18.2 Å². The molecule has 0 aromatic carbocycles. The van der Waals surface area contributed by atoms with E-state index < -0.39 is 0 Å². The van der Waals surface area contributed by atoms with Crippen molar-refractivity contribution in [3.8, 4) is 0 Å². The number of rotatable bonds is 3. The maximum Gasteiger partial charge on any atom is 0.274 e. The largest absolute Gasteiger partial charge is 0.341 e. The van der Waals surface area contributed by atoms with Crippen LogP contribution >= 0.6 is 0 Å². The molecule has 110 valence electrons. The van der Waals surface area contributed by atoms with Crippen molar-refractivity contribution >= 4 is 11.8 Å². The lowest BCUT2D eigenvalue weighted by Crippen LogP contribution is -2.36. The van der Waals surface area contributed by atoms with Gasteiger partial charge >= 0.3 is 0 Å². The average Bonchev–Trinajstić information content (AvgIpc) is 2.74. The molecular formula is C13H21N5O2. The number of nitrogens with two attached hydrogens (primary N) is 1. The van der Waals surface area contributed by atoms with Crippen LogP contribution in [0.4, 0.5) is 0 Å². The SMILES string of the molecule is CC(=O)N1CCCN(C(=O)c2cn(CCN)cn2)CC1. The molecule has 0 unspecified atom stereocenters. The standard InChI is InChI=1S/C13H21N5O2/c1-11(19)17-4-2-5-18(8-7-17)13(20)12-9-16(6-3-14)10-15-12/h9-10H,2-8,14H2,1H3. The molecule has 1 fully saturated rings. The van der Waals surface area contributed by atoms with E-state index in [1.54, 1.807) is 29.2 Å². The van der Waals surface area contributed by atoms with E-state index in [-0.39, 0.29) is 11.8 Å². The fourth-order valence-corrected chi connectivity index (χ4v) is 2.34. The molecule has 7 heteroatoms. The second-order valence-corrected chi connectivity index (χ2v) is 4.94. The molecule has 0 spiro atoms. The molecule has 0 aliphatic carbocycles. The van der Waals surface area contributed by atoms with Crippen LogP contribution in [0.1, 0.15) is 23.8 Å². The fourth-order valence-electron chi connectivity index (χ4n) is 2.34. The Morgan fingerprint density at radius 2 is 1.95 bits per heavy atom. The van der Waals surface area contributed by atoms with Gasteiger partial charge in [-0.25, -0.2) is 4.98 Å². The summed E-state index contributed by atoms with van der Waals surface area (Å²) in [5.74, 6) is -0.0160. The first-order valence-corrected chi connectivity index (χ1v) is 6.88. The van der Waals surface area contributed by atoms with E-state index in [0.29, 0.717) is 45.0 Å². The molecule has 2 N–H and O–H groups in total. The summed E-state index contributed by atoms with van der Waals surface area (Å²) in [4.78, 5) is 31.4. The Bertz CT molecular complexity index is 485. The predicted octanol–water partition coefficient (Wildman–Crippen LogP) is -0.464. The first-order chi connectivity index (χ1) is 9.61. The molecule has 7 nitrogen and oxygen atoms in total.